The van der Waals surface area contributed by atoms with Crippen molar-refractivity contribution in [3.05, 3.63) is 70.3 Å². The van der Waals surface area contributed by atoms with E-state index in [9.17, 15) is 17.6 Å². The second kappa shape index (κ2) is 9.37. The quantitative estimate of drug-likeness (QED) is 0.419. The molecular formula is C15H15ClF4. The number of halogens is 5. The molecular weight excluding hydrogens is 292 g/mol. The van der Waals surface area contributed by atoms with E-state index < -0.39 is 28.3 Å². The lowest BCUT2D eigenvalue weighted by Gasteiger charge is -1.94. The van der Waals surface area contributed by atoms with Gasteiger partial charge in [0.05, 0.1) is 0 Å². The topological polar surface area (TPSA) is 0 Å². The first-order chi connectivity index (χ1) is 9.43. The van der Waals surface area contributed by atoms with Crippen LogP contribution in [0.25, 0.3) is 0 Å². The first-order valence-corrected chi connectivity index (χ1v) is 6.31. The molecule has 0 atom stereocenters. The van der Waals surface area contributed by atoms with Crippen molar-refractivity contribution in [2.24, 2.45) is 0 Å². The van der Waals surface area contributed by atoms with E-state index in [4.69, 9.17) is 11.6 Å². The van der Waals surface area contributed by atoms with Crippen molar-refractivity contribution in [1.29, 1.82) is 0 Å². The molecule has 0 bridgehead atoms. The summed E-state index contributed by atoms with van der Waals surface area (Å²) in [4.78, 5) is 0. The van der Waals surface area contributed by atoms with Crippen molar-refractivity contribution in [1.82, 2.24) is 0 Å². The summed E-state index contributed by atoms with van der Waals surface area (Å²) in [6.07, 6.45) is 0. The van der Waals surface area contributed by atoms with Crippen LogP contribution in [0.5, 0.6) is 0 Å². The molecule has 2 rings (SSSR count). The number of hydrogen-bond acceptors (Lipinski definition) is 0. The third-order valence-corrected chi connectivity index (χ3v) is 2.47. The van der Waals surface area contributed by atoms with E-state index in [0.717, 1.165) is 12.1 Å². The first kappa shape index (κ1) is 18.4. The van der Waals surface area contributed by atoms with Crippen LogP contribution in [0.15, 0.2) is 36.4 Å². The highest BCUT2D eigenvalue weighted by molar-refractivity contribution is 6.30. The van der Waals surface area contributed by atoms with Gasteiger partial charge in [0.1, 0.15) is 28.3 Å². The van der Waals surface area contributed by atoms with Crippen LogP contribution in [0.3, 0.4) is 0 Å². The van der Waals surface area contributed by atoms with E-state index >= 15 is 0 Å². The molecule has 0 saturated heterocycles. The standard InChI is InChI=1S/C7H6F2.C6H3ClF2.C2H6/c1-5-6(8)3-2-4-7(5)9;7-6-4(8)2-1-3-5(6)9;1-2/h2-4H,1H3;1-3H;1-2H3. The Kier molecular flexibility index (Phi) is 8.64. The van der Waals surface area contributed by atoms with Gasteiger partial charge < -0.3 is 0 Å². The van der Waals surface area contributed by atoms with Gasteiger partial charge in [0.15, 0.2) is 0 Å². The number of benzene rings is 2. The maximum Gasteiger partial charge on any atom is 0.144 e. The van der Waals surface area contributed by atoms with Gasteiger partial charge in [-0.15, -0.1) is 0 Å². The first-order valence-electron chi connectivity index (χ1n) is 5.93. The fourth-order valence-electron chi connectivity index (χ4n) is 1.06. The summed E-state index contributed by atoms with van der Waals surface area (Å²) < 4.78 is 49.1. The van der Waals surface area contributed by atoms with Gasteiger partial charge in [0, 0.05) is 5.56 Å². The lowest BCUT2D eigenvalue weighted by molar-refractivity contribution is 0.568. The Morgan fingerprint density at radius 2 is 1.00 bits per heavy atom. The minimum atomic E-state index is -0.725. The van der Waals surface area contributed by atoms with Gasteiger partial charge in [0.2, 0.25) is 0 Å². The molecule has 0 radical (unpaired) electrons. The summed E-state index contributed by atoms with van der Waals surface area (Å²) in [5.74, 6) is -2.43. The number of rotatable bonds is 0. The highest BCUT2D eigenvalue weighted by Gasteiger charge is 2.02. The van der Waals surface area contributed by atoms with Crippen LogP contribution in [0, 0.1) is 30.2 Å². The molecule has 20 heavy (non-hydrogen) atoms. The Morgan fingerprint density at radius 1 is 0.700 bits per heavy atom. The van der Waals surface area contributed by atoms with E-state index in [1.165, 1.54) is 31.2 Å². The average Bonchev–Trinajstić information content (AvgIpc) is 2.45. The van der Waals surface area contributed by atoms with Gasteiger partial charge in [0.25, 0.3) is 0 Å². The minimum Gasteiger partial charge on any atom is -0.207 e. The molecule has 0 spiro atoms. The lowest BCUT2D eigenvalue weighted by atomic mass is 10.2. The fourth-order valence-corrected chi connectivity index (χ4v) is 1.18. The van der Waals surface area contributed by atoms with E-state index in [0.29, 0.717) is 0 Å². The molecule has 0 aliphatic heterocycles. The van der Waals surface area contributed by atoms with Crippen LogP contribution in [0.2, 0.25) is 5.02 Å². The summed E-state index contributed by atoms with van der Waals surface area (Å²) in [6.45, 7) is 5.41. The van der Waals surface area contributed by atoms with E-state index in [1.54, 1.807) is 0 Å². The number of hydrogen-bond donors (Lipinski definition) is 0. The van der Waals surface area contributed by atoms with Crippen LogP contribution in [-0.2, 0) is 0 Å². The molecule has 5 heteroatoms. The summed E-state index contributed by atoms with van der Waals surface area (Å²) >= 11 is 5.13. The lowest BCUT2D eigenvalue weighted by Crippen LogP contribution is -1.85. The van der Waals surface area contributed by atoms with Crippen LogP contribution in [0.4, 0.5) is 17.6 Å². The van der Waals surface area contributed by atoms with E-state index in [2.05, 4.69) is 0 Å². The smallest absolute Gasteiger partial charge is 0.144 e. The molecule has 0 unspecified atom stereocenters. The van der Waals surface area contributed by atoms with Crippen LogP contribution < -0.4 is 0 Å². The largest absolute Gasteiger partial charge is 0.207 e. The summed E-state index contributed by atoms with van der Waals surface area (Å²) in [5, 5.41) is -0.447. The predicted octanol–water partition coefficient (Wildman–Crippen LogP) is 5.92. The fraction of sp³-hybridized carbons (Fsp3) is 0.200. The third kappa shape index (κ3) is 5.61. The van der Waals surface area contributed by atoms with Crippen molar-refractivity contribution in [3.8, 4) is 0 Å². The molecule has 2 aromatic rings. The molecule has 0 N–H and O–H groups in total. The van der Waals surface area contributed by atoms with Gasteiger partial charge in [-0.25, -0.2) is 17.6 Å². The summed E-state index contributed by atoms with van der Waals surface area (Å²) in [6, 6.07) is 7.28. The maximum atomic E-state index is 12.3. The Hall–Kier alpha value is -1.55. The monoisotopic (exact) mass is 306 g/mol. The molecule has 0 fully saturated rings. The van der Waals surface area contributed by atoms with Gasteiger partial charge in [-0.2, -0.15) is 0 Å². The predicted molar refractivity (Wildman–Crippen MR) is 73.8 cm³/mol. The maximum absolute atomic E-state index is 12.3. The Bertz CT molecular complexity index is 451. The zero-order valence-corrected chi connectivity index (χ0v) is 12.1. The van der Waals surface area contributed by atoms with E-state index in [-0.39, 0.29) is 5.56 Å². The van der Waals surface area contributed by atoms with E-state index in [1.807, 2.05) is 13.8 Å². The Balaban J connectivity index is 0.000000321. The molecule has 0 aliphatic rings. The molecule has 0 aliphatic carbocycles. The molecule has 0 saturated carbocycles. The summed E-state index contributed by atoms with van der Waals surface area (Å²) in [7, 11) is 0. The van der Waals surface area contributed by atoms with Gasteiger partial charge >= 0.3 is 0 Å². The highest BCUT2D eigenvalue weighted by Crippen LogP contribution is 2.16. The molecule has 2 aromatic carbocycles. The molecule has 0 heterocycles. The second-order valence-electron chi connectivity index (χ2n) is 3.38. The van der Waals surface area contributed by atoms with Gasteiger partial charge in [-0.05, 0) is 31.2 Å². The molecule has 110 valence electrons. The molecule has 0 aromatic heterocycles. The zero-order chi connectivity index (χ0) is 15.7. The average molecular weight is 307 g/mol. The van der Waals surface area contributed by atoms with Gasteiger partial charge in [-0.1, -0.05) is 37.6 Å². The van der Waals surface area contributed by atoms with Crippen molar-refractivity contribution in [3.63, 3.8) is 0 Å². The zero-order valence-electron chi connectivity index (χ0n) is 11.4. The van der Waals surface area contributed by atoms with Crippen LogP contribution in [-0.4, -0.2) is 0 Å². The normalized spacial score (nSPS) is 9.00. The van der Waals surface area contributed by atoms with Crippen LogP contribution in [0.1, 0.15) is 19.4 Å². The summed E-state index contributed by atoms with van der Waals surface area (Å²) in [5.41, 5.74) is 0.0810. The van der Waals surface area contributed by atoms with Crippen LogP contribution >= 0.6 is 11.6 Å². The Morgan fingerprint density at radius 3 is 1.25 bits per heavy atom. The molecule has 0 nitrogen and oxygen atoms in total. The SMILES string of the molecule is CC.Cc1c(F)cccc1F.Fc1cccc(F)c1Cl. The Labute approximate surface area is 121 Å². The molecule has 0 amide bonds. The van der Waals surface area contributed by atoms with Crippen molar-refractivity contribution >= 4 is 11.6 Å². The highest BCUT2D eigenvalue weighted by atomic mass is 35.5. The minimum absolute atomic E-state index is 0.0810. The van der Waals surface area contributed by atoms with Gasteiger partial charge in [-0.3, -0.25) is 0 Å². The van der Waals surface area contributed by atoms with Crippen molar-refractivity contribution in [2.45, 2.75) is 20.8 Å². The second-order valence-corrected chi connectivity index (χ2v) is 3.76. The van der Waals surface area contributed by atoms with Crippen molar-refractivity contribution < 1.29 is 17.6 Å². The van der Waals surface area contributed by atoms with Crippen molar-refractivity contribution in [2.75, 3.05) is 0 Å². The third-order valence-electron chi connectivity index (χ3n) is 2.11.